The Bertz CT molecular complexity index is 543. The SMILES string of the molecule is Cc1c(NC(C)C(C)C)cccc1C(=O)N1CCC(CN)CC1.Cl.Cl. The maximum atomic E-state index is 12.9. The van der Waals surface area contributed by atoms with Crippen LogP contribution in [0.3, 0.4) is 0 Å². The summed E-state index contributed by atoms with van der Waals surface area (Å²) in [4.78, 5) is 14.8. The largest absolute Gasteiger partial charge is 0.382 e. The van der Waals surface area contributed by atoms with Gasteiger partial charge in [-0.15, -0.1) is 24.8 Å². The number of likely N-dealkylation sites (tertiary alicyclic amines) is 1. The molecule has 0 saturated carbocycles. The van der Waals surface area contributed by atoms with Crippen LogP contribution in [0.1, 0.15) is 49.5 Å². The first-order valence-corrected chi connectivity index (χ1v) is 8.79. The summed E-state index contributed by atoms with van der Waals surface area (Å²) in [6.07, 6.45) is 2.03. The van der Waals surface area contributed by atoms with E-state index in [9.17, 15) is 4.79 Å². The number of nitrogens with zero attached hydrogens (tertiary/aromatic N) is 1. The first-order chi connectivity index (χ1) is 10.9. The minimum absolute atomic E-state index is 0. The zero-order valence-corrected chi connectivity index (χ0v) is 17.4. The molecule has 25 heavy (non-hydrogen) atoms. The van der Waals surface area contributed by atoms with Crippen LogP contribution in [-0.4, -0.2) is 36.5 Å². The number of piperidine rings is 1. The van der Waals surface area contributed by atoms with Gasteiger partial charge in [-0.3, -0.25) is 4.79 Å². The van der Waals surface area contributed by atoms with E-state index < -0.39 is 0 Å². The number of rotatable bonds is 5. The lowest BCUT2D eigenvalue weighted by Crippen LogP contribution is -2.40. The molecule has 4 nitrogen and oxygen atoms in total. The average Bonchev–Trinajstić information content (AvgIpc) is 2.56. The Hall–Kier alpha value is -0.970. The molecule has 0 aromatic heterocycles. The van der Waals surface area contributed by atoms with Crippen molar-refractivity contribution >= 4 is 36.4 Å². The normalized spacial score (nSPS) is 16.0. The summed E-state index contributed by atoms with van der Waals surface area (Å²) < 4.78 is 0. The molecule has 1 amide bonds. The third-order valence-electron chi connectivity index (χ3n) is 5.18. The molecule has 0 aliphatic carbocycles. The molecule has 1 atom stereocenters. The third kappa shape index (κ3) is 6.05. The number of nitrogens with two attached hydrogens (primary N) is 1. The Morgan fingerprint density at radius 3 is 2.36 bits per heavy atom. The summed E-state index contributed by atoms with van der Waals surface area (Å²) in [5.74, 6) is 1.27. The smallest absolute Gasteiger partial charge is 0.254 e. The van der Waals surface area contributed by atoms with Gasteiger partial charge in [0.15, 0.2) is 0 Å². The Balaban J connectivity index is 0.00000288. The van der Waals surface area contributed by atoms with Crippen molar-refractivity contribution in [1.29, 1.82) is 0 Å². The van der Waals surface area contributed by atoms with Crippen molar-refractivity contribution in [3.8, 4) is 0 Å². The second-order valence-corrected chi connectivity index (χ2v) is 7.13. The fraction of sp³-hybridized carbons (Fsp3) is 0.632. The number of nitrogens with one attached hydrogen (secondary N) is 1. The average molecular weight is 390 g/mol. The minimum Gasteiger partial charge on any atom is -0.382 e. The standard InChI is InChI=1S/C19H31N3O.2ClH/c1-13(2)15(4)21-18-7-5-6-17(14(18)3)19(23)22-10-8-16(12-20)9-11-22;;/h5-7,13,15-16,21H,8-12,20H2,1-4H3;2*1H. The van der Waals surface area contributed by atoms with Crippen molar-refractivity contribution in [3.05, 3.63) is 29.3 Å². The first kappa shape index (κ1) is 24.0. The molecule has 1 heterocycles. The molecule has 3 N–H and O–H groups in total. The molecule has 0 bridgehead atoms. The van der Waals surface area contributed by atoms with Gasteiger partial charge in [-0.1, -0.05) is 19.9 Å². The van der Waals surface area contributed by atoms with Gasteiger partial charge in [-0.25, -0.2) is 0 Å². The van der Waals surface area contributed by atoms with E-state index in [2.05, 4.69) is 32.2 Å². The van der Waals surface area contributed by atoms with Crippen LogP contribution in [0.4, 0.5) is 5.69 Å². The van der Waals surface area contributed by atoms with E-state index in [0.29, 0.717) is 17.9 Å². The van der Waals surface area contributed by atoms with Crippen molar-refractivity contribution < 1.29 is 4.79 Å². The van der Waals surface area contributed by atoms with Gasteiger partial charge in [-0.2, -0.15) is 0 Å². The zero-order chi connectivity index (χ0) is 17.0. The van der Waals surface area contributed by atoms with E-state index in [1.165, 1.54) is 0 Å². The minimum atomic E-state index is 0. The van der Waals surface area contributed by atoms with E-state index in [0.717, 1.165) is 49.3 Å². The van der Waals surface area contributed by atoms with Gasteiger partial charge in [0.1, 0.15) is 0 Å². The highest BCUT2D eigenvalue weighted by molar-refractivity contribution is 5.97. The number of hydrogen-bond donors (Lipinski definition) is 2. The number of benzene rings is 1. The number of carbonyl (C=O) groups excluding carboxylic acids is 1. The predicted molar refractivity (Wildman–Crippen MR) is 111 cm³/mol. The highest BCUT2D eigenvalue weighted by Crippen LogP contribution is 2.24. The molecule has 1 aliphatic heterocycles. The lowest BCUT2D eigenvalue weighted by molar-refractivity contribution is 0.0692. The van der Waals surface area contributed by atoms with E-state index in [-0.39, 0.29) is 30.7 Å². The molecule has 0 spiro atoms. The van der Waals surface area contributed by atoms with Gasteiger partial charge in [-0.05, 0) is 62.8 Å². The second kappa shape index (κ2) is 10.9. The van der Waals surface area contributed by atoms with Crippen LogP contribution in [0.25, 0.3) is 0 Å². The van der Waals surface area contributed by atoms with Gasteiger partial charge in [0, 0.05) is 30.4 Å². The monoisotopic (exact) mass is 389 g/mol. The maximum Gasteiger partial charge on any atom is 0.254 e. The molecule has 0 radical (unpaired) electrons. The molecule has 1 unspecified atom stereocenters. The van der Waals surface area contributed by atoms with Crippen LogP contribution < -0.4 is 11.1 Å². The lowest BCUT2D eigenvalue weighted by Gasteiger charge is -2.32. The van der Waals surface area contributed by atoms with E-state index in [1.54, 1.807) is 0 Å². The van der Waals surface area contributed by atoms with Gasteiger partial charge in [0.2, 0.25) is 0 Å². The Kier molecular flexibility index (Phi) is 10.5. The van der Waals surface area contributed by atoms with Crippen LogP contribution in [-0.2, 0) is 0 Å². The summed E-state index contributed by atoms with van der Waals surface area (Å²) in [5, 5.41) is 3.54. The van der Waals surface area contributed by atoms with Crippen LogP contribution >= 0.6 is 24.8 Å². The van der Waals surface area contributed by atoms with Crippen molar-refractivity contribution in [2.75, 3.05) is 25.0 Å². The zero-order valence-electron chi connectivity index (χ0n) is 15.7. The predicted octanol–water partition coefficient (Wildman–Crippen LogP) is 4.11. The van der Waals surface area contributed by atoms with Crippen molar-refractivity contribution in [3.63, 3.8) is 0 Å². The van der Waals surface area contributed by atoms with Crippen molar-refractivity contribution in [2.45, 2.75) is 46.6 Å². The Morgan fingerprint density at radius 2 is 1.84 bits per heavy atom. The highest BCUT2D eigenvalue weighted by atomic mass is 35.5. The maximum absolute atomic E-state index is 12.9. The number of anilines is 1. The molecule has 1 saturated heterocycles. The van der Waals surface area contributed by atoms with Crippen molar-refractivity contribution in [2.24, 2.45) is 17.6 Å². The molecule has 1 aliphatic rings. The van der Waals surface area contributed by atoms with Crippen molar-refractivity contribution in [1.82, 2.24) is 4.90 Å². The molecular formula is C19H33Cl2N3O. The van der Waals surface area contributed by atoms with Crippen LogP contribution in [0, 0.1) is 18.8 Å². The number of halogens is 2. The topological polar surface area (TPSA) is 58.4 Å². The molecule has 144 valence electrons. The molecular weight excluding hydrogens is 357 g/mol. The lowest BCUT2D eigenvalue weighted by atomic mass is 9.96. The Labute approximate surface area is 164 Å². The fourth-order valence-electron chi connectivity index (χ4n) is 2.98. The summed E-state index contributed by atoms with van der Waals surface area (Å²) in [6.45, 7) is 11.0. The van der Waals surface area contributed by atoms with Gasteiger partial charge in [0.25, 0.3) is 5.91 Å². The fourth-order valence-corrected chi connectivity index (χ4v) is 2.98. The second-order valence-electron chi connectivity index (χ2n) is 7.13. The Morgan fingerprint density at radius 1 is 1.24 bits per heavy atom. The van der Waals surface area contributed by atoms with Gasteiger partial charge < -0.3 is 16.0 Å². The van der Waals surface area contributed by atoms with Gasteiger partial charge >= 0.3 is 0 Å². The van der Waals surface area contributed by atoms with E-state index in [4.69, 9.17) is 5.73 Å². The van der Waals surface area contributed by atoms with Gasteiger partial charge in [0.05, 0.1) is 0 Å². The summed E-state index contributed by atoms with van der Waals surface area (Å²) in [7, 11) is 0. The van der Waals surface area contributed by atoms with E-state index in [1.807, 2.05) is 24.0 Å². The molecule has 1 aromatic carbocycles. The third-order valence-corrected chi connectivity index (χ3v) is 5.18. The summed E-state index contributed by atoms with van der Waals surface area (Å²) in [5.41, 5.74) is 8.67. The summed E-state index contributed by atoms with van der Waals surface area (Å²) in [6, 6.07) is 6.35. The van der Waals surface area contributed by atoms with Crippen LogP contribution in [0.15, 0.2) is 18.2 Å². The molecule has 6 heteroatoms. The number of amides is 1. The number of carbonyl (C=O) groups is 1. The molecule has 1 fully saturated rings. The summed E-state index contributed by atoms with van der Waals surface area (Å²) >= 11 is 0. The van der Waals surface area contributed by atoms with Crippen LogP contribution in [0.2, 0.25) is 0 Å². The van der Waals surface area contributed by atoms with Crippen LogP contribution in [0.5, 0.6) is 0 Å². The first-order valence-electron chi connectivity index (χ1n) is 8.79. The number of hydrogen-bond acceptors (Lipinski definition) is 3. The molecule has 1 aromatic rings. The molecule has 2 rings (SSSR count). The quantitative estimate of drug-likeness (QED) is 0.796. The van der Waals surface area contributed by atoms with E-state index >= 15 is 0 Å². The highest BCUT2D eigenvalue weighted by Gasteiger charge is 2.24.